The third-order valence-corrected chi connectivity index (χ3v) is 1.90. The average molecular weight is 370 g/mol. The number of thiol groups is 2. The zero-order valence-electron chi connectivity index (χ0n) is 13.2. The number of guanidine groups is 1. The van der Waals surface area contributed by atoms with Crippen LogP contribution < -0.4 is 21.4 Å². The average Bonchev–Trinajstić information content (AvgIpc) is 2.53. The molecule has 0 aromatic rings. The topological polar surface area (TPSA) is 135 Å². The van der Waals surface area contributed by atoms with Crippen LogP contribution in [0.1, 0.15) is 13.8 Å². The fourth-order valence-electron chi connectivity index (χ4n) is 0.852. The van der Waals surface area contributed by atoms with Crippen molar-refractivity contribution in [3.63, 3.8) is 0 Å². The van der Waals surface area contributed by atoms with Gasteiger partial charge in [0.1, 0.15) is 0 Å². The smallest absolute Gasteiger partial charge is 0.378 e. The Kier molecular flexibility index (Phi) is 16.8. The van der Waals surface area contributed by atoms with Crippen LogP contribution >= 0.6 is 25.5 Å². The van der Waals surface area contributed by atoms with E-state index in [0.29, 0.717) is 19.0 Å². The fourth-order valence-corrected chi connectivity index (χ4v) is 0.935. The van der Waals surface area contributed by atoms with Crippen LogP contribution in [0.4, 0.5) is 9.59 Å². The van der Waals surface area contributed by atoms with E-state index in [1.165, 1.54) is 7.05 Å². The van der Waals surface area contributed by atoms with E-state index in [1.807, 2.05) is 19.3 Å². The first kappa shape index (κ1) is 23.4. The van der Waals surface area contributed by atoms with Gasteiger partial charge >= 0.3 is 17.4 Å². The Hall–Kier alpha value is -1.86. The summed E-state index contributed by atoms with van der Waals surface area (Å²) < 4.78 is 4.01. The summed E-state index contributed by atoms with van der Waals surface area (Å²) >= 11 is 6.66. The number of amides is 2. The number of nitrogens with zero attached hydrogens (tertiary/aromatic N) is 2. The minimum Gasteiger partial charge on any atom is -0.378 e. The lowest BCUT2D eigenvalue weighted by Crippen LogP contribution is -2.38. The molecule has 0 saturated carbocycles. The number of aliphatic imine (C=N–C) groups is 2. The molecular weight excluding hydrogens is 348 g/mol. The highest BCUT2D eigenvalue weighted by atomic mass is 32.1. The van der Waals surface area contributed by atoms with Gasteiger partial charge in [0.15, 0.2) is 5.96 Å². The molecule has 2 amide bonds. The summed E-state index contributed by atoms with van der Waals surface area (Å²) in [4.78, 5) is 37.1. The molecule has 0 spiro atoms. The Labute approximate surface area is 145 Å². The molecular formula is C10H22N6O5S2. The largest absolute Gasteiger partial charge is 0.425 e. The van der Waals surface area contributed by atoms with Crippen LogP contribution in [0.15, 0.2) is 9.98 Å². The minimum absolute atomic E-state index is 0.215. The van der Waals surface area contributed by atoms with Crippen LogP contribution in [0.25, 0.3) is 0 Å². The van der Waals surface area contributed by atoms with Crippen molar-refractivity contribution in [3.05, 3.63) is 0 Å². The molecule has 0 aromatic heterocycles. The number of nitrogens with one attached hydrogen (secondary N) is 4. The number of hydrogen-bond acceptors (Lipinski definition) is 8. The Morgan fingerprint density at radius 3 is 2.30 bits per heavy atom. The molecule has 0 radical (unpaired) electrons. The summed E-state index contributed by atoms with van der Waals surface area (Å²) in [5.74, 6) is 0.332. The molecule has 0 rings (SSSR count). The molecule has 0 fully saturated rings. The highest BCUT2D eigenvalue weighted by Gasteiger charge is 2.01. The van der Waals surface area contributed by atoms with Crippen LogP contribution in [0.3, 0.4) is 0 Å². The lowest BCUT2D eigenvalue weighted by Gasteiger charge is -2.06. The Morgan fingerprint density at radius 2 is 1.91 bits per heavy atom. The SMILES string of the molecule is C/N=C(\NC)NC(=O)OS.CC/N=C(/NCC)OONC(=O)S. The number of hydroxylamine groups is 1. The number of carbonyl (C=O) groups excluding carboxylic acids is 2. The van der Waals surface area contributed by atoms with Crippen LogP contribution in [-0.4, -0.2) is 50.5 Å². The van der Waals surface area contributed by atoms with Gasteiger partial charge in [-0.05, 0) is 13.8 Å². The van der Waals surface area contributed by atoms with Crippen LogP contribution in [-0.2, 0) is 14.1 Å². The van der Waals surface area contributed by atoms with Gasteiger partial charge in [0.2, 0.25) is 0 Å². The summed E-state index contributed by atoms with van der Waals surface area (Å²) in [7, 11) is 3.16. The first-order valence-electron chi connectivity index (χ1n) is 6.32. The summed E-state index contributed by atoms with van der Waals surface area (Å²) in [6.07, 6.45) is -0.668. The molecule has 23 heavy (non-hydrogen) atoms. The van der Waals surface area contributed by atoms with Crippen LogP contribution in [0.5, 0.6) is 0 Å². The zero-order valence-corrected chi connectivity index (χ0v) is 15.0. The van der Waals surface area contributed by atoms with E-state index < -0.39 is 11.3 Å². The lowest BCUT2D eigenvalue weighted by atomic mass is 10.7. The summed E-state index contributed by atoms with van der Waals surface area (Å²) in [6.45, 7) is 4.93. The molecule has 4 N–H and O–H groups in total. The molecule has 0 unspecified atom stereocenters. The van der Waals surface area contributed by atoms with Gasteiger partial charge in [0, 0.05) is 40.1 Å². The molecule has 0 saturated heterocycles. The molecule has 0 bridgehead atoms. The van der Waals surface area contributed by atoms with E-state index in [-0.39, 0.29) is 6.02 Å². The van der Waals surface area contributed by atoms with Gasteiger partial charge in [-0.1, -0.05) is 17.6 Å². The number of rotatable bonds is 4. The van der Waals surface area contributed by atoms with Crippen molar-refractivity contribution in [3.8, 4) is 0 Å². The molecule has 134 valence electrons. The van der Waals surface area contributed by atoms with Crippen molar-refractivity contribution in [1.29, 1.82) is 0 Å². The summed E-state index contributed by atoms with van der Waals surface area (Å²) in [6, 6.07) is 0.215. The molecule has 11 nitrogen and oxygen atoms in total. The Bertz CT molecular complexity index is 407. The van der Waals surface area contributed by atoms with Crippen molar-refractivity contribution in [1.82, 2.24) is 21.4 Å². The summed E-state index contributed by atoms with van der Waals surface area (Å²) in [5, 5.41) is 7.03. The maximum absolute atomic E-state index is 10.4. The van der Waals surface area contributed by atoms with Gasteiger partial charge in [-0.3, -0.25) is 20.0 Å². The molecule has 13 heteroatoms. The number of hydrogen-bond donors (Lipinski definition) is 6. The molecule has 0 atom stereocenters. The normalized spacial score (nSPS) is 10.7. The van der Waals surface area contributed by atoms with Gasteiger partial charge in [0.25, 0.3) is 0 Å². The fraction of sp³-hybridized carbons (Fsp3) is 0.600. The van der Waals surface area contributed by atoms with E-state index in [1.54, 1.807) is 7.05 Å². The second kappa shape index (κ2) is 16.5. The minimum atomic E-state index is -0.668. The molecule has 0 aromatic carbocycles. The first-order chi connectivity index (χ1) is 10.9. The quantitative estimate of drug-likeness (QED) is 0.104. The van der Waals surface area contributed by atoms with E-state index in [4.69, 9.17) is 0 Å². The van der Waals surface area contributed by atoms with Crippen molar-refractivity contribution >= 4 is 48.9 Å². The molecule has 0 aliphatic rings. The predicted octanol–water partition coefficient (Wildman–Crippen LogP) is 0.237. The van der Waals surface area contributed by atoms with E-state index in [9.17, 15) is 9.59 Å². The van der Waals surface area contributed by atoms with Crippen LogP contribution in [0, 0.1) is 0 Å². The third-order valence-electron chi connectivity index (χ3n) is 1.64. The zero-order chi connectivity index (χ0) is 18.1. The lowest BCUT2D eigenvalue weighted by molar-refractivity contribution is -0.258. The van der Waals surface area contributed by atoms with E-state index in [0.717, 1.165) is 0 Å². The monoisotopic (exact) mass is 370 g/mol. The number of amidine groups is 1. The maximum atomic E-state index is 10.4. The van der Waals surface area contributed by atoms with E-state index in [2.05, 4.69) is 65.5 Å². The maximum Gasteiger partial charge on any atom is 0.425 e. The standard InChI is InChI=1S/C6H13N3O3S.C4H9N3O2S/c1-3-7-5(8-4-2)11-12-9-6(10)13;1-5-3(6-2)7-4(8)9-10/h3-4H2,1-2H3,(H,7,8)(H2,9,10,13);10H,1-2H3,(H2,5,6,7,8). The van der Waals surface area contributed by atoms with Gasteiger partial charge in [-0.15, -0.1) is 0 Å². The van der Waals surface area contributed by atoms with E-state index >= 15 is 0 Å². The van der Waals surface area contributed by atoms with Crippen molar-refractivity contribution in [2.24, 2.45) is 9.98 Å². The number of carbonyl (C=O) groups is 2. The van der Waals surface area contributed by atoms with Gasteiger partial charge in [0.05, 0.1) is 0 Å². The van der Waals surface area contributed by atoms with Crippen molar-refractivity contribution in [2.75, 3.05) is 27.2 Å². The second-order valence-corrected chi connectivity index (χ2v) is 3.80. The van der Waals surface area contributed by atoms with Crippen molar-refractivity contribution in [2.45, 2.75) is 13.8 Å². The Balaban J connectivity index is 0. The Morgan fingerprint density at radius 1 is 1.26 bits per heavy atom. The van der Waals surface area contributed by atoms with Gasteiger partial charge < -0.3 is 14.8 Å². The van der Waals surface area contributed by atoms with Gasteiger partial charge in [-0.25, -0.2) is 9.79 Å². The summed E-state index contributed by atoms with van der Waals surface area (Å²) in [5.41, 5.74) is 1.88. The third kappa shape index (κ3) is 16.3. The van der Waals surface area contributed by atoms with Gasteiger partial charge in [-0.2, -0.15) is 5.48 Å². The predicted molar refractivity (Wildman–Crippen MR) is 92.4 cm³/mol. The highest BCUT2D eigenvalue weighted by Crippen LogP contribution is 1.82. The van der Waals surface area contributed by atoms with Crippen LogP contribution in [0.2, 0.25) is 0 Å². The molecule has 0 aliphatic carbocycles. The molecule has 0 aliphatic heterocycles. The molecule has 0 heterocycles. The first-order valence-corrected chi connectivity index (χ1v) is 7.13. The highest BCUT2D eigenvalue weighted by molar-refractivity contribution is 7.96. The van der Waals surface area contributed by atoms with Crippen molar-refractivity contribution < 1.29 is 23.6 Å². The second-order valence-electron chi connectivity index (χ2n) is 3.21.